The van der Waals surface area contributed by atoms with Crippen molar-refractivity contribution in [1.29, 1.82) is 0 Å². The van der Waals surface area contributed by atoms with E-state index in [0.29, 0.717) is 11.0 Å². The molecule has 1 aliphatic heterocycles. The van der Waals surface area contributed by atoms with E-state index >= 15 is 0 Å². The lowest BCUT2D eigenvalue weighted by atomic mass is 10.2. The minimum absolute atomic E-state index is 0.324. The largest absolute Gasteiger partial charge is 0.392 e. The molecular weight excluding hydrogens is 120 g/mol. The Hall–Kier alpha value is -0.150. The zero-order chi connectivity index (χ0) is 5.98. The van der Waals surface area contributed by atoms with Crippen LogP contribution in [0.1, 0.15) is 12.8 Å². The summed E-state index contributed by atoms with van der Waals surface area (Å²) in [6.45, 7) is 1.07. The normalized spacial score (nSPS) is 28.2. The molecule has 0 radical (unpaired) electrons. The van der Waals surface area contributed by atoms with E-state index in [1.54, 1.807) is 0 Å². The van der Waals surface area contributed by atoms with E-state index < -0.39 is 0 Å². The molecule has 0 saturated carbocycles. The summed E-state index contributed by atoms with van der Waals surface area (Å²) in [5, 5.41) is 3.19. The van der Waals surface area contributed by atoms with Crippen LogP contribution in [0.25, 0.3) is 0 Å². The van der Waals surface area contributed by atoms with Crippen molar-refractivity contribution in [3.8, 4) is 0 Å². The Bertz CT molecular complexity index is 96.6. The van der Waals surface area contributed by atoms with E-state index in [2.05, 4.69) is 5.32 Å². The highest BCUT2D eigenvalue weighted by molar-refractivity contribution is 7.80. The third kappa shape index (κ3) is 1.17. The van der Waals surface area contributed by atoms with Crippen LogP contribution < -0.4 is 11.1 Å². The molecule has 1 fully saturated rings. The fourth-order valence-corrected chi connectivity index (χ4v) is 1.13. The smallest absolute Gasteiger partial charge is 0.0899 e. The molecule has 3 N–H and O–H groups in total. The quantitative estimate of drug-likeness (QED) is 0.492. The maximum absolute atomic E-state index is 5.37. The molecule has 1 unspecified atom stereocenters. The molecule has 1 heterocycles. The Morgan fingerprint density at radius 3 is 2.75 bits per heavy atom. The maximum Gasteiger partial charge on any atom is 0.0899 e. The van der Waals surface area contributed by atoms with Crippen LogP contribution in [0, 0.1) is 0 Å². The summed E-state index contributed by atoms with van der Waals surface area (Å²) < 4.78 is 0. The second kappa shape index (κ2) is 2.42. The van der Waals surface area contributed by atoms with Crippen molar-refractivity contribution in [2.24, 2.45) is 5.73 Å². The zero-order valence-electron chi connectivity index (χ0n) is 4.68. The van der Waals surface area contributed by atoms with Crippen LogP contribution in [-0.2, 0) is 0 Å². The summed E-state index contributed by atoms with van der Waals surface area (Å²) >= 11 is 4.77. The van der Waals surface area contributed by atoms with Crippen LogP contribution in [0.2, 0.25) is 0 Å². The van der Waals surface area contributed by atoms with Gasteiger partial charge in [-0.2, -0.15) is 0 Å². The number of nitrogens with one attached hydrogen (secondary N) is 1. The van der Waals surface area contributed by atoms with Crippen molar-refractivity contribution in [1.82, 2.24) is 5.32 Å². The van der Waals surface area contributed by atoms with E-state index in [-0.39, 0.29) is 0 Å². The van der Waals surface area contributed by atoms with Crippen molar-refractivity contribution in [2.75, 3.05) is 6.54 Å². The summed E-state index contributed by atoms with van der Waals surface area (Å²) in [7, 11) is 0. The van der Waals surface area contributed by atoms with Gasteiger partial charge in [0.1, 0.15) is 0 Å². The van der Waals surface area contributed by atoms with Gasteiger partial charge in [0.05, 0.1) is 11.0 Å². The highest BCUT2D eigenvalue weighted by atomic mass is 32.1. The summed E-state index contributed by atoms with van der Waals surface area (Å²) in [6.07, 6.45) is 2.33. The molecule has 0 bridgehead atoms. The van der Waals surface area contributed by atoms with Gasteiger partial charge in [-0.3, -0.25) is 0 Å². The van der Waals surface area contributed by atoms with Crippen LogP contribution in [0.15, 0.2) is 0 Å². The lowest BCUT2D eigenvalue weighted by Gasteiger charge is -2.04. The Morgan fingerprint density at radius 1 is 1.75 bits per heavy atom. The third-order valence-electron chi connectivity index (χ3n) is 1.40. The van der Waals surface area contributed by atoms with Gasteiger partial charge in [0.25, 0.3) is 0 Å². The van der Waals surface area contributed by atoms with Gasteiger partial charge in [-0.05, 0) is 19.4 Å². The molecule has 0 aromatic rings. The monoisotopic (exact) mass is 130 g/mol. The molecule has 1 aliphatic rings. The predicted octanol–water partition coefficient (Wildman–Crippen LogP) is 0.0245. The fourth-order valence-electron chi connectivity index (χ4n) is 0.927. The zero-order valence-corrected chi connectivity index (χ0v) is 5.50. The molecule has 0 aromatic carbocycles. The first-order valence-electron chi connectivity index (χ1n) is 2.83. The van der Waals surface area contributed by atoms with Crippen molar-refractivity contribution in [2.45, 2.75) is 18.9 Å². The molecule has 0 spiro atoms. The molecule has 3 heteroatoms. The SMILES string of the molecule is NC(=S)C1CCCN1. The van der Waals surface area contributed by atoms with Gasteiger partial charge in [-0.15, -0.1) is 0 Å². The van der Waals surface area contributed by atoms with Crippen molar-refractivity contribution in [3.05, 3.63) is 0 Å². The topological polar surface area (TPSA) is 38.0 Å². The van der Waals surface area contributed by atoms with E-state index in [1.165, 1.54) is 6.42 Å². The predicted molar refractivity (Wildman–Crippen MR) is 37.8 cm³/mol. The summed E-state index contributed by atoms with van der Waals surface area (Å²) in [6, 6.07) is 0.324. The van der Waals surface area contributed by atoms with Gasteiger partial charge in [0, 0.05) is 0 Å². The maximum atomic E-state index is 5.37. The van der Waals surface area contributed by atoms with Crippen LogP contribution >= 0.6 is 12.2 Å². The Balaban J connectivity index is 2.35. The first-order valence-corrected chi connectivity index (χ1v) is 3.24. The van der Waals surface area contributed by atoms with Gasteiger partial charge in [0.15, 0.2) is 0 Å². The van der Waals surface area contributed by atoms with Crippen molar-refractivity contribution in [3.63, 3.8) is 0 Å². The minimum Gasteiger partial charge on any atom is -0.392 e. The highest BCUT2D eigenvalue weighted by Crippen LogP contribution is 2.03. The lowest BCUT2D eigenvalue weighted by molar-refractivity contribution is 0.765. The molecule has 1 rings (SSSR count). The number of thiocarbonyl (C=S) groups is 1. The van der Waals surface area contributed by atoms with Crippen LogP contribution in [0.5, 0.6) is 0 Å². The van der Waals surface area contributed by atoms with Crippen molar-refractivity contribution < 1.29 is 0 Å². The molecule has 2 nitrogen and oxygen atoms in total. The highest BCUT2D eigenvalue weighted by Gasteiger charge is 2.15. The van der Waals surface area contributed by atoms with E-state index in [0.717, 1.165) is 13.0 Å². The molecular formula is C5H10N2S. The van der Waals surface area contributed by atoms with Gasteiger partial charge >= 0.3 is 0 Å². The van der Waals surface area contributed by atoms with Crippen molar-refractivity contribution >= 4 is 17.2 Å². The standard InChI is InChI=1S/C5H10N2S/c6-5(8)4-2-1-3-7-4/h4,7H,1-3H2,(H2,6,8). The van der Waals surface area contributed by atoms with Crippen LogP contribution in [0.4, 0.5) is 0 Å². The fraction of sp³-hybridized carbons (Fsp3) is 0.800. The second-order valence-electron chi connectivity index (χ2n) is 2.05. The molecule has 0 aliphatic carbocycles. The van der Waals surface area contributed by atoms with Crippen LogP contribution in [-0.4, -0.2) is 17.6 Å². The Labute approximate surface area is 54.4 Å². The van der Waals surface area contributed by atoms with Gasteiger partial charge in [-0.1, -0.05) is 12.2 Å². The molecule has 46 valence electrons. The average molecular weight is 130 g/mol. The molecule has 0 amide bonds. The number of hydrogen-bond acceptors (Lipinski definition) is 2. The lowest BCUT2D eigenvalue weighted by Crippen LogP contribution is -2.34. The molecule has 1 saturated heterocycles. The minimum atomic E-state index is 0.324. The summed E-state index contributed by atoms with van der Waals surface area (Å²) in [5.41, 5.74) is 5.37. The first-order chi connectivity index (χ1) is 3.80. The van der Waals surface area contributed by atoms with E-state index in [1.807, 2.05) is 0 Å². The second-order valence-corrected chi connectivity index (χ2v) is 2.52. The summed E-state index contributed by atoms with van der Waals surface area (Å²) in [4.78, 5) is 0.613. The molecule has 1 atom stereocenters. The molecule has 0 aromatic heterocycles. The van der Waals surface area contributed by atoms with Gasteiger partial charge in [-0.25, -0.2) is 0 Å². The van der Waals surface area contributed by atoms with E-state index in [4.69, 9.17) is 18.0 Å². The number of nitrogens with two attached hydrogens (primary N) is 1. The van der Waals surface area contributed by atoms with Gasteiger partial charge < -0.3 is 11.1 Å². The van der Waals surface area contributed by atoms with Crippen LogP contribution in [0.3, 0.4) is 0 Å². The third-order valence-corrected chi connectivity index (χ3v) is 1.69. The number of rotatable bonds is 1. The first kappa shape index (κ1) is 5.98. The van der Waals surface area contributed by atoms with E-state index in [9.17, 15) is 0 Å². The summed E-state index contributed by atoms with van der Waals surface area (Å²) in [5.74, 6) is 0. The Morgan fingerprint density at radius 2 is 2.50 bits per heavy atom. The average Bonchev–Trinajstić information content (AvgIpc) is 2.12. The Kier molecular flexibility index (Phi) is 1.81. The van der Waals surface area contributed by atoms with Gasteiger partial charge in [0.2, 0.25) is 0 Å². The number of hydrogen-bond donors (Lipinski definition) is 2. The molecule has 8 heavy (non-hydrogen) atoms.